The molecule has 202 valence electrons. The van der Waals surface area contributed by atoms with Gasteiger partial charge in [0.25, 0.3) is 0 Å². The molecule has 1 aromatic carbocycles. The van der Waals surface area contributed by atoms with Gasteiger partial charge >= 0.3 is 0 Å². The highest BCUT2D eigenvalue weighted by atomic mass is 19.1. The van der Waals surface area contributed by atoms with Gasteiger partial charge in [0, 0.05) is 45.5 Å². The van der Waals surface area contributed by atoms with Crippen molar-refractivity contribution >= 4 is 23.5 Å². The maximum absolute atomic E-state index is 13.8. The number of halogens is 1. The van der Waals surface area contributed by atoms with Gasteiger partial charge in [-0.1, -0.05) is 12.1 Å². The standard InChI is InChI=1S/C25H28FN11O2/c26-21-3-1-2-4-22(21)39-19-13-28-24(29-14-19)35-6-8-36(9-7-35)25-31-17-30-23(34-25)33-18-11-32-37(15-18)16-20-12-27-5-10-38-20/h1-4,11,13-15,17,20,27H,5-10,12,16H2,(H,30,31,33,34)/t20-/m0/s1. The van der Waals surface area contributed by atoms with Gasteiger partial charge in [0.2, 0.25) is 17.8 Å². The first kappa shape index (κ1) is 24.9. The van der Waals surface area contributed by atoms with Crippen LogP contribution in [0.5, 0.6) is 11.5 Å². The quantitative estimate of drug-likeness (QED) is 0.343. The summed E-state index contributed by atoms with van der Waals surface area (Å²) in [5.41, 5.74) is 0.792. The number of para-hydroxylation sites is 1. The zero-order valence-corrected chi connectivity index (χ0v) is 21.1. The van der Waals surface area contributed by atoms with Crippen LogP contribution in [-0.4, -0.2) is 86.7 Å². The second-order valence-electron chi connectivity index (χ2n) is 9.11. The Hall–Kier alpha value is -4.43. The number of rotatable bonds is 8. The Morgan fingerprint density at radius 3 is 2.56 bits per heavy atom. The molecule has 2 aliphatic heterocycles. The monoisotopic (exact) mass is 533 g/mol. The number of hydrogen-bond donors (Lipinski definition) is 2. The van der Waals surface area contributed by atoms with Crippen LogP contribution in [0.15, 0.2) is 55.4 Å². The summed E-state index contributed by atoms with van der Waals surface area (Å²) in [5, 5.41) is 10.9. The fourth-order valence-corrected chi connectivity index (χ4v) is 4.39. The minimum Gasteiger partial charge on any atom is -0.451 e. The normalized spacial score (nSPS) is 17.7. The summed E-state index contributed by atoms with van der Waals surface area (Å²) in [7, 11) is 0. The molecule has 2 fully saturated rings. The molecule has 4 aromatic rings. The van der Waals surface area contributed by atoms with Crippen LogP contribution in [0.4, 0.5) is 27.9 Å². The smallest absolute Gasteiger partial charge is 0.232 e. The van der Waals surface area contributed by atoms with E-state index in [1.807, 2.05) is 10.9 Å². The van der Waals surface area contributed by atoms with Crippen molar-refractivity contribution in [3.05, 3.63) is 61.2 Å². The number of ether oxygens (including phenoxy) is 2. The van der Waals surface area contributed by atoms with E-state index >= 15 is 0 Å². The molecule has 2 saturated heterocycles. The molecule has 0 spiro atoms. The third-order valence-electron chi connectivity index (χ3n) is 6.37. The van der Waals surface area contributed by atoms with Crippen LogP contribution >= 0.6 is 0 Å². The van der Waals surface area contributed by atoms with Gasteiger partial charge in [-0.2, -0.15) is 10.1 Å². The van der Waals surface area contributed by atoms with Gasteiger partial charge < -0.3 is 29.9 Å². The molecule has 0 bridgehead atoms. The summed E-state index contributed by atoms with van der Waals surface area (Å²) >= 11 is 0. The highest BCUT2D eigenvalue weighted by Crippen LogP contribution is 2.24. The van der Waals surface area contributed by atoms with Crippen molar-refractivity contribution in [1.82, 2.24) is 40.0 Å². The number of piperazine rings is 1. The summed E-state index contributed by atoms with van der Waals surface area (Å²) in [6, 6.07) is 6.22. The lowest BCUT2D eigenvalue weighted by Gasteiger charge is -2.34. The fraction of sp³-hybridized carbons (Fsp3) is 0.360. The first-order valence-corrected chi connectivity index (χ1v) is 12.7. The van der Waals surface area contributed by atoms with Crippen LogP contribution in [-0.2, 0) is 11.3 Å². The van der Waals surface area contributed by atoms with Crippen molar-refractivity contribution < 1.29 is 13.9 Å². The van der Waals surface area contributed by atoms with E-state index in [2.05, 4.69) is 50.5 Å². The lowest BCUT2D eigenvalue weighted by Crippen LogP contribution is -2.47. The highest BCUT2D eigenvalue weighted by molar-refractivity contribution is 5.51. The second-order valence-corrected chi connectivity index (χ2v) is 9.11. The van der Waals surface area contributed by atoms with E-state index in [0.29, 0.717) is 62.9 Å². The minimum atomic E-state index is -0.438. The molecule has 6 rings (SSSR count). The van der Waals surface area contributed by atoms with Crippen LogP contribution < -0.4 is 25.2 Å². The van der Waals surface area contributed by atoms with Crippen LogP contribution in [0.3, 0.4) is 0 Å². The van der Waals surface area contributed by atoms with E-state index in [9.17, 15) is 4.39 Å². The van der Waals surface area contributed by atoms with Gasteiger partial charge in [-0.15, -0.1) is 0 Å². The average molecular weight is 534 g/mol. The van der Waals surface area contributed by atoms with E-state index in [1.165, 1.54) is 12.4 Å². The van der Waals surface area contributed by atoms with Crippen molar-refractivity contribution in [2.75, 3.05) is 61.0 Å². The number of hydrogen-bond acceptors (Lipinski definition) is 12. The lowest BCUT2D eigenvalue weighted by molar-refractivity contribution is 0.0161. The van der Waals surface area contributed by atoms with E-state index < -0.39 is 5.82 Å². The second kappa shape index (κ2) is 11.5. The van der Waals surface area contributed by atoms with Crippen LogP contribution in [0, 0.1) is 5.82 Å². The molecule has 5 heterocycles. The van der Waals surface area contributed by atoms with Gasteiger partial charge in [-0.3, -0.25) is 4.68 Å². The number of nitrogens with one attached hydrogen (secondary N) is 2. The Morgan fingerprint density at radius 2 is 1.79 bits per heavy atom. The molecule has 0 unspecified atom stereocenters. The number of benzene rings is 1. The molecule has 2 N–H and O–H groups in total. The van der Waals surface area contributed by atoms with E-state index in [-0.39, 0.29) is 11.9 Å². The fourth-order valence-electron chi connectivity index (χ4n) is 4.39. The predicted molar refractivity (Wildman–Crippen MR) is 141 cm³/mol. The van der Waals surface area contributed by atoms with E-state index in [4.69, 9.17) is 9.47 Å². The summed E-state index contributed by atoms with van der Waals surface area (Å²) in [6.07, 6.45) is 8.35. The van der Waals surface area contributed by atoms with E-state index in [0.717, 1.165) is 18.8 Å². The number of nitrogens with zero attached hydrogens (tertiary/aromatic N) is 9. The summed E-state index contributed by atoms with van der Waals surface area (Å²) in [6.45, 7) is 5.83. The van der Waals surface area contributed by atoms with Crippen LogP contribution in [0.2, 0.25) is 0 Å². The number of anilines is 4. The maximum Gasteiger partial charge on any atom is 0.232 e. The van der Waals surface area contributed by atoms with Crippen molar-refractivity contribution in [1.29, 1.82) is 0 Å². The van der Waals surface area contributed by atoms with Gasteiger partial charge in [0.1, 0.15) is 6.33 Å². The molecule has 13 nitrogen and oxygen atoms in total. The topological polar surface area (TPSA) is 131 Å². The molecular weight excluding hydrogens is 505 g/mol. The largest absolute Gasteiger partial charge is 0.451 e. The molecule has 0 radical (unpaired) electrons. The zero-order valence-electron chi connectivity index (χ0n) is 21.1. The molecular formula is C25H28FN11O2. The molecule has 3 aromatic heterocycles. The van der Waals surface area contributed by atoms with Crippen molar-refractivity contribution in [3.8, 4) is 11.5 Å². The maximum atomic E-state index is 13.8. The van der Waals surface area contributed by atoms with Crippen molar-refractivity contribution in [2.45, 2.75) is 12.6 Å². The van der Waals surface area contributed by atoms with Crippen molar-refractivity contribution in [3.63, 3.8) is 0 Å². The van der Waals surface area contributed by atoms with Gasteiger partial charge in [0.15, 0.2) is 17.3 Å². The van der Waals surface area contributed by atoms with Crippen LogP contribution in [0.1, 0.15) is 0 Å². The Bertz CT molecular complexity index is 1370. The third kappa shape index (κ3) is 6.18. The third-order valence-corrected chi connectivity index (χ3v) is 6.37. The first-order valence-electron chi connectivity index (χ1n) is 12.7. The summed E-state index contributed by atoms with van der Waals surface area (Å²) in [5.74, 6) is 1.70. The van der Waals surface area contributed by atoms with Crippen molar-refractivity contribution in [2.24, 2.45) is 0 Å². The summed E-state index contributed by atoms with van der Waals surface area (Å²) in [4.78, 5) is 26.2. The molecule has 0 amide bonds. The highest BCUT2D eigenvalue weighted by Gasteiger charge is 2.22. The molecule has 1 atom stereocenters. The SMILES string of the molecule is Fc1ccccc1Oc1cnc(N2CCN(c3ncnc(Nc4cnn(C[C@@H]5CNCCO5)c4)n3)CC2)nc1. The molecule has 2 aliphatic rings. The van der Waals surface area contributed by atoms with E-state index in [1.54, 1.807) is 36.8 Å². The Morgan fingerprint density at radius 1 is 1.00 bits per heavy atom. The predicted octanol–water partition coefficient (Wildman–Crippen LogP) is 1.85. The number of aromatic nitrogens is 7. The lowest BCUT2D eigenvalue weighted by atomic mass is 10.3. The average Bonchev–Trinajstić information content (AvgIpc) is 3.42. The molecule has 14 heteroatoms. The van der Waals surface area contributed by atoms with Gasteiger partial charge in [-0.25, -0.2) is 24.3 Å². The number of morpholine rings is 1. The molecule has 0 saturated carbocycles. The minimum absolute atomic E-state index is 0.101. The molecule has 39 heavy (non-hydrogen) atoms. The summed E-state index contributed by atoms with van der Waals surface area (Å²) < 4.78 is 27.0. The Balaban J connectivity index is 1.02. The van der Waals surface area contributed by atoms with Crippen LogP contribution in [0.25, 0.3) is 0 Å². The zero-order chi connectivity index (χ0) is 26.4. The van der Waals surface area contributed by atoms with Gasteiger partial charge in [0.05, 0.1) is 43.5 Å². The first-order chi connectivity index (χ1) is 19.2. The van der Waals surface area contributed by atoms with Gasteiger partial charge in [-0.05, 0) is 12.1 Å². The Kier molecular flexibility index (Phi) is 7.36. The Labute approximate surface area is 224 Å². The molecule has 0 aliphatic carbocycles.